The number of hydrogen-bond acceptors (Lipinski definition) is 3. The monoisotopic (exact) mass is 252 g/mol. The predicted molar refractivity (Wildman–Crippen MR) is 72.6 cm³/mol. The van der Waals surface area contributed by atoms with Gasteiger partial charge in [0.2, 0.25) is 0 Å². The molecule has 1 aromatic carbocycles. The van der Waals surface area contributed by atoms with Gasteiger partial charge in [0.25, 0.3) is 0 Å². The van der Waals surface area contributed by atoms with E-state index in [0.29, 0.717) is 5.25 Å². The highest BCUT2D eigenvalue weighted by molar-refractivity contribution is 8.00. The van der Waals surface area contributed by atoms with Crippen LogP contribution in [0.5, 0.6) is 5.75 Å². The summed E-state index contributed by atoms with van der Waals surface area (Å²) in [7, 11) is 0. The molecule has 1 saturated heterocycles. The van der Waals surface area contributed by atoms with Crippen molar-refractivity contribution in [1.82, 2.24) is 0 Å². The lowest BCUT2D eigenvalue weighted by atomic mass is 10.0. The van der Waals surface area contributed by atoms with Crippen molar-refractivity contribution < 1.29 is 9.84 Å². The second-order valence-corrected chi connectivity index (χ2v) is 6.08. The minimum Gasteiger partial charge on any atom is -0.491 e. The Hall–Kier alpha value is -0.670. The van der Waals surface area contributed by atoms with Crippen LogP contribution in [0.1, 0.15) is 38.4 Å². The molecule has 0 spiro atoms. The molecule has 0 saturated carbocycles. The van der Waals surface area contributed by atoms with Crippen LogP contribution in [0, 0.1) is 0 Å². The lowest BCUT2D eigenvalue weighted by molar-refractivity contribution is 0.173. The van der Waals surface area contributed by atoms with Crippen molar-refractivity contribution in [2.45, 2.75) is 44.1 Å². The molecule has 94 valence electrons. The Labute approximate surface area is 107 Å². The van der Waals surface area contributed by atoms with E-state index in [2.05, 4.69) is 0 Å². The fourth-order valence-corrected chi connectivity index (χ4v) is 3.39. The largest absolute Gasteiger partial charge is 0.491 e. The van der Waals surface area contributed by atoms with E-state index >= 15 is 0 Å². The van der Waals surface area contributed by atoms with Crippen molar-refractivity contribution in [3.8, 4) is 5.75 Å². The molecule has 2 nitrogen and oxygen atoms in total. The molecule has 1 fully saturated rings. The second-order valence-electron chi connectivity index (χ2n) is 4.73. The van der Waals surface area contributed by atoms with Gasteiger partial charge in [0, 0.05) is 5.25 Å². The lowest BCUT2D eigenvalue weighted by Crippen LogP contribution is -2.12. The molecule has 2 atom stereocenters. The summed E-state index contributed by atoms with van der Waals surface area (Å²) in [6.07, 6.45) is 2.20. The molecule has 1 aliphatic rings. The van der Waals surface area contributed by atoms with Gasteiger partial charge in [-0.1, -0.05) is 12.1 Å². The van der Waals surface area contributed by atoms with E-state index in [-0.39, 0.29) is 12.2 Å². The van der Waals surface area contributed by atoms with Gasteiger partial charge >= 0.3 is 0 Å². The summed E-state index contributed by atoms with van der Waals surface area (Å²) in [6.45, 7) is 4.02. The molecule has 0 bridgehead atoms. The van der Waals surface area contributed by atoms with Crippen molar-refractivity contribution in [3.63, 3.8) is 0 Å². The summed E-state index contributed by atoms with van der Waals surface area (Å²) in [5.74, 6) is 2.05. The number of rotatable bonds is 4. The van der Waals surface area contributed by atoms with Gasteiger partial charge < -0.3 is 9.84 Å². The summed E-state index contributed by atoms with van der Waals surface area (Å²) in [5.41, 5.74) is 1.00. The van der Waals surface area contributed by atoms with Crippen molar-refractivity contribution >= 4 is 11.8 Å². The highest BCUT2D eigenvalue weighted by Gasteiger charge is 2.24. The van der Waals surface area contributed by atoms with Gasteiger partial charge in [-0.2, -0.15) is 11.8 Å². The molecule has 3 heteroatoms. The Bertz CT molecular complexity index is 342. The zero-order chi connectivity index (χ0) is 12.3. The summed E-state index contributed by atoms with van der Waals surface area (Å²) < 4.78 is 5.59. The first-order valence-electron chi connectivity index (χ1n) is 6.23. The fourth-order valence-electron chi connectivity index (χ4n) is 2.08. The van der Waals surface area contributed by atoms with Crippen LogP contribution < -0.4 is 4.74 Å². The van der Waals surface area contributed by atoms with Gasteiger partial charge in [-0.25, -0.2) is 0 Å². The minimum atomic E-state index is -0.337. The van der Waals surface area contributed by atoms with Gasteiger partial charge in [-0.05, 0) is 50.1 Å². The third kappa shape index (κ3) is 3.39. The third-order valence-corrected chi connectivity index (χ3v) is 4.36. The maximum atomic E-state index is 10.2. The fraction of sp³-hybridized carbons (Fsp3) is 0.571. The molecule has 0 radical (unpaired) electrons. The average Bonchev–Trinajstić information content (AvgIpc) is 2.82. The van der Waals surface area contributed by atoms with Crippen molar-refractivity contribution in [2.24, 2.45) is 0 Å². The van der Waals surface area contributed by atoms with E-state index in [9.17, 15) is 5.11 Å². The van der Waals surface area contributed by atoms with Gasteiger partial charge in [-0.15, -0.1) is 0 Å². The summed E-state index contributed by atoms with van der Waals surface area (Å²) >= 11 is 1.88. The number of benzene rings is 1. The predicted octanol–water partition coefficient (Wildman–Crippen LogP) is 3.40. The molecular formula is C14H20O2S. The van der Waals surface area contributed by atoms with E-state index in [0.717, 1.165) is 17.7 Å². The van der Waals surface area contributed by atoms with Crippen LogP contribution in [0.2, 0.25) is 0 Å². The van der Waals surface area contributed by atoms with Crippen LogP contribution in [0.25, 0.3) is 0 Å². The smallest absolute Gasteiger partial charge is 0.119 e. The van der Waals surface area contributed by atoms with E-state index in [4.69, 9.17) is 4.74 Å². The number of aliphatic hydroxyl groups excluding tert-OH is 1. The van der Waals surface area contributed by atoms with Crippen molar-refractivity contribution in [2.75, 3.05) is 5.75 Å². The van der Waals surface area contributed by atoms with Gasteiger partial charge in [-0.3, -0.25) is 0 Å². The number of thioether (sulfide) groups is 1. The molecule has 2 rings (SSSR count). The van der Waals surface area contributed by atoms with Gasteiger partial charge in [0.1, 0.15) is 5.75 Å². The first kappa shape index (κ1) is 12.8. The van der Waals surface area contributed by atoms with Crippen LogP contribution in [0.4, 0.5) is 0 Å². The maximum Gasteiger partial charge on any atom is 0.119 e. The molecule has 1 heterocycles. The Balaban J connectivity index is 2.01. The second kappa shape index (κ2) is 5.78. The highest BCUT2D eigenvalue weighted by Crippen LogP contribution is 2.36. The van der Waals surface area contributed by atoms with Crippen LogP contribution in [0.15, 0.2) is 24.3 Å². The number of ether oxygens (including phenoxy) is 1. The average molecular weight is 252 g/mol. The SMILES string of the molecule is CC(C)Oc1ccc(C(O)C2CCCS2)cc1. The van der Waals surface area contributed by atoms with Crippen LogP contribution >= 0.6 is 11.8 Å². The Morgan fingerprint density at radius 3 is 2.53 bits per heavy atom. The first-order chi connectivity index (χ1) is 8.16. The molecular weight excluding hydrogens is 232 g/mol. The van der Waals surface area contributed by atoms with Gasteiger partial charge in [0.05, 0.1) is 12.2 Å². The standard InChI is InChI=1S/C14H20O2S/c1-10(2)16-12-7-5-11(6-8-12)14(15)13-4-3-9-17-13/h5-8,10,13-15H,3-4,9H2,1-2H3. The summed E-state index contributed by atoms with van der Waals surface area (Å²) in [5, 5.41) is 10.6. The molecule has 1 aliphatic heterocycles. The molecule has 2 unspecified atom stereocenters. The first-order valence-corrected chi connectivity index (χ1v) is 7.28. The Kier molecular flexibility index (Phi) is 4.35. The molecule has 0 amide bonds. The summed E-state index contributed by atoms with van der Waals surface area (Å²) in [4.78, 5) is 0. The van der Waals surface area contributed by atoms with Crippen molar-refractivity contribution in [1.29, 1.82) is 0 Å². The maximum absolute atomic E-state index is 10.2. The van der Waals surface area contributed by atoms with E-state index < -0.39 is 0 Å². The quantitative estimate of drug-likeness (QED) is 0.890. The number of aliphatic hydroxyl groups is 1. The molecule has 17 heavy (non-hydrogen) atoms. The Morgan fingerprint density at radius 1 is 1.29 bits per heavy atom. The van der Waals surface area contributed by atoms with Crippen molar-refractivity contribution in [3.05, 3.63) is 29.8 Å². The molecule has 0 aliphatic carbocycles. The zero-order valence-electron chi connectivity index (χ0n) is 10.4. The Morgan fingerprint density at radius 2 is 2.00 bits per heavy atom. The van der Waals surface area contributed by atoms with Crippen LogP contribution in [-0.4, -0.2) is 22.2 Å². The summed E-state index contributed by atoms with van der Waals surface area (Å²) in [6, 6.07) is 7.83. The van der Waals surface area contributed by atoms with Crippen LogP contribution in [0.3, 0.4) is 0 Å². The minimum absolute atomic E-state index is 0.191. The van der Waals surface area contributed by atoms with Crippen LogP contribution in [-0.2, 0) is 0 Å². The third-order valence-electron chi connectivity index (χ3n) is 2.91. The number of hydrogen-bond donors (Lipinski definition) is 1. The van der Waals surface area contributed by atoms with Gasteiger partial charge in [0.15, 0.2) is 0 Å². The normalized spacial score (nSPS) is 21.8. The van der Waals surface area contributed by atoms with E-state index in [1.807, 2.05) is 49.9 Å². The highest BCUT2D eigenvalue weighted by atomic mass is 32.2. The molecule has 0 aromatic heterocycles. The van der Waals surface area contributed by atoms with E-state index in [1.54, 1.807) is 0 Å². The van der Waals surface area contributed by atoms with E-state index in [1.165, 1.54) is 12.2 Å². The topological polar surface area (TPSA) is 29.5 Å². The lowest BCUT2D eigenvalue weighted by Gasteiger charge is -2.18. The zero-order valence-corrected chi connectivity index (χ0v) is 11.2. The molecule has 1 aromatic rings. The molecule has 1 N–H and O–H groups in total.